The van der Waals surface area contributed by atoms with E-state index in [9.17, 15) is 9.59 Å². The van der Waals surface area contributed by atoms with Crippen LogP contribution in [0.15, 0.2) is 0 Å². The van der Waals surface area contributed by atoms with Crippen molar-refractivity contribution in [3.05, 3.63) is 0 Å². The molecule has 1 atom stereocenters. The molecule has 1 N–H and O–H groups in total. The Labute approximate surface area is 58.8 Å². The van der Waals surface area contributed by atoms with Crippen LogP contribution in [0.2, 0.25) is 0 Å². The van der Waals surface area contributed by atoms with Crippen molar-refractivity contribution in [2.45, 2.75) is 19.4 Å². The van der Waals surface area contributed by atoms with Gasteiger partial charge >= 0.3 is 5.97 Å². The number of carbonyl (C=O) groups excluding carboxylic acids is 1. The molecule has 0 saturated carbocycles. The first-order valence-electron chi connectivity index (χ1n) is 2.95. The van der Waals surface area contributed by atoms with Crippen LogP contribution in [0.1, 0.15) is 13.3 Å². The summed E-state index contributed by atoms with van der Waals surface area (Å²) in [4.78, 5) is 19.8. The smallest absolute Gasteiger partial charge is 0.305 e. The van der Waals surface area contributed by atoms with E-state index in [0.717, 1.165) is 0 Å². The van der Waals surface area contributed by atoms with Crippen molar-refractivity contribution < 1.29 is 19.4 Å². The second kappa shape index (κ2) is 4.93. The largest absolute Gasteiger partial charge is 0.481 e. The van der Waals surface area contributed by atoms with Gasteiger partial charge in [0.15, 0.2) is 0 Å². The fourth-order valence-electron chi connectivity index (χ4n) is 0.371. The first kappa shape index (κ1) is 9.10. The van der Waals surface area contributed by atoms with Gasteiger partial charge in [0.1, 0.15) is 12.4 Å². The molecule has 58 valence electrons. The molecule has 0 fully saturated rings. The average Bonchev–Trinajstić information content (AvgIpc) is 1.87. The average molecular weight is 146 g/mol. The SMILES string of the molecule is CC(C=O)OCCC(=O)O. The quantitative estimate of drug-likeness (QED) is 0.557. The molecule has 4 heteroatoms. The Morgan fingerprint density at radius 1 is 1.80 bits per heavy atom. The molecule has 0 spiro atoms. The molecule has 4 nitrogen and oxygen atoms in total. The third-order valence-corrected chi connectivity index (χ3v) is 0.888. The molecule has 0 aromatic carbocycles. The van der Waals surface area contributed by atoms with E-state index < -0.39 is 12.1 Å². The molecular formula is C6H10O4. The van der Waals surface area contributed by atoms with Crippen LogP contribution >= 0.6 is 0 Å². The highest BCUT2D eigenvalue weighted by atomic mass is 16.5. The molecule has 0 amide bonds. The number of hydrogen-bond acceptors (Lipinski definition) is 3. The molecule has 0 radical (unpaired) electrons. The van der Waals surface area contributed by atoms with Crippen molar-refractivity contribution in [1.82, 2.24) is 0 Å². The summed E-state index contributed by atoms with van der Waals surface area (Å²) in [7, 11) is 0. The lowest BCUT2D eigenvalue weighted by Gasteiger charge is -2.02. The number of rotatable bonds is 5. The summed E-state index contributed by atoms with van der Waals surface area (Å²) in [5, 5.41) is 8.13. The maximum Gasteiger partial charge on any atom is 0.305 e. The van der Waals surface area contributed by atoms with Gasteiger partial charge in [0.25, 0.3) is 0 Å². The Hall–Kier alpha value is -0.900. The molecule has 0 saturated heterocycles. The molecule has 0 rings (SSSR count). The van der Waals surface area contributed by atoms with Crippen LogP contribution in [0.3, 0.4) is 0 Å². The van der Waals surface area contributed by atoms with Crippen LogP contribution in [0.5, 0.6) is 0 Å². The van der Waals surface area contributed by atoms with E-state index in [4.69, 9.17) is 9.84 Å². The minimum atomic E-state index is -0.918. The van der Waals surface area contributed by atoms with Crippen molar-refractivity contribution in [2.24, 2.45) is 0 Å². The van der Waals surface area contributed by atoms with Gasteiger partial charge in [-0.1, -0.05) is 0 Å². The lowest BCUT2D eigenvalue weighted by atomic mass is 10.4. The fourth-order valence-corrected chi connectivity index (χ4v) is 0.371. The standard InChI is InChI=1S/C6H10O4/c1-5(4-7)10-3-2-6(8)9/h4-5H,2-3H2,1H3,(H,8,9). The van der Waals surface area contributed by atoms with Crippen molar-refractivity contribution in [2.75, 3.05) is 6.61 Å². The highest BCUT2D eigenvalue weighted by Gasteiger charge is 2.00. The van der Waals surface area contributed by atoms with Crippen molar-refractivity contribution >= 4 is 12.3 Å². The topological polar surface area (TPSA) is 63.6 Å². The summed E-state index contributed by atoms with van der Waals surface area (Å²) < 4.78 is 4.75. The fraction of sp³-hybridized carbons (Fsp3) is 0.667. The highest BCUT2D eigenvalue weighted by molar-refractivity contribution is 5.66. The molecule has 1 unspecified atom stereocenters. The Morgan fingerprint density at radius 2 is 2.40 bits per heavy atom. The Balaban J connectivity index is 3.19. The molecule has 0 aliphatic carbocycles. The van der Waals surface area contributed by atoms with Gasteiger partial charge in [-0.15, -0.1) is 0 Å². The van der Waals surface area contributed by atoms with E-state index in [1.165, 1.54) is 0 Å². The Bertz CT molecular complexity index is 121. The first-order valence-corrected chi connectivity index (χ1v) is 2.95. The van der Waals surface area contributed by atoms with Crippen molar-refractivity contribution in [3.8, 4) is 0 Å². The van der Waals surface area contributed by atoms with Crippen LogP contribution in [0.4, 0.5) is 0 Å². The number of aliphatic carboxylic acids is 1. The summed E-state index contributed by atoms with van der Waals surface area (Å²) in [6.45, 7) is 1.66. The summed E-state index contributed by atoms with van der Waals surface area (Å²) >= 11 is 0. The molecule has 0 aliphatic rings. The lowest BCUT2D eigenvalue weighted by molar-refractivity contribution is -0.139. The van der Waals surface area contributed by atoms with E-state index in [2.05, 4.69) is 0 Å². The molecular weight excluding hydrogens is 136 g/mol. The number of aldehydes is 1. The summed E-state index contributed by atoms with van der Waals surface area (Å²) in [6.07, 6.45) is 0.0689. The highest BCUT2D eigenvalue weighted by Crippen LogP contribution is 1.87. The van der Waals surface area contributed by atoms with E-state index in [0.29, 0.717) is 6.29 Å². The van der Waals surface area contributed by atoms with Gasteiger partial charge in [-0.2, -0.15) is 0 Å². The summed E-state index contributed by atoms with van der Waals surface area (Å²) in [6, 6.07) is 0. The van der Waals surface area contributed by atoms with Crippen LogP contribution in [-0.4, -0.2) is 30.1 Å². The number of carboxylic acids is 1. The summed E-state index contributed by atoms with van der Waals surface area (Å²) in [5.74, 6) is -0.918. The first-order chi connectivity index (χ1) is 4.66. The molecule has 0 aromatic heterocycles. The Morgan fingerprint density at radius 3 is 2.80 bits per heavy atom. The predicted octanol–water partition coefficient (Wildman–Crippen LogP) is 0.0651. The van der Waals surface area contributed by atoms with Gasteiger partial charge in [-0.3, -0.25) is 4.79 Å². The minimum absolute atomic E-state index is 0.0574. The number of ether oxygens (including phenoxy) is 1. The molecule has 10 heavy (non-hydrogen) atoms. The van der Waals surface area contributed by atoms with Crippen molar-refractivity contribution in [1.29, 1.82) is 0 Å². The maximum atomic E-state index is 9.91. The van der Waals surface area contributed by atoms with Gasteiger partial charge in [0.2, 0.25) is 0 Å². The van der Waals surface area contributed by atoms with E-state index >= 15 is 0 Å². The number of carboxylic acid groups (broad SMARTS) is 1. The van der Waals surface area contributed by atoms with Crippen LogP contribution in [-0.2, 0) is 14.3 Å². The number of hydrogen-bond donors (Lipinski definition) is 1. The van der Waals surface area contributed by atoms with E-state index in [1.807, 2.05) is 0 Å². The van der Waals surface area contributed by atoms with Gasteiger partial charge in [0.05, 0.1) is 13.0 Å². The lowest BCUT2D eigenvalue weighted by Crippen LogP contribution is -2.12. The second-order valence-electron chi connectivity index (χ2n) is 1.86. The third kappa shape index (κ3) is 5.24. The zero-order chi connectivity index (χ0) is 7.98. The minimum Gasteiger partial charge on any atom is -0.481 e. The van der Waals surface area contributed by atoms with E-state index in [-0.39, 0.29) is 13.0 Å². The van der Waals surface area contributed by atoms with Gasteiger partial charge in [0, 0.05) is 0 Å². The monoisotopic (exact) mass is 146 g/mol. The molecule has 0 aromatic rings. The van der Waals surface area contributed by atoms with Gasteiger partial charge in [-0.05, 0) is 6.92 Å². The zero-order valence-corrected chi connectivity index (χ0v) is 5.74. The zero-order valence-electron chi connectivity index (χ0n) is 5.74. The molecule has 0 aliphatic heterocycles. The molecule has 0 bridgehead atoms. The molecule has 0 heterocycles. The van der Waals surface area contributed by atoms with Crippen molar-refractivity contribution in [3.63, 3.8) is 0 Å². The number of carbonyl (C=O) groups is 2. The maximum absolute atomic E-state index is 9.91. The predicted molar refractivity (Wildman–Crippen MR) is 33.7 cm³/mol. The third-order valence-electron chi connectivity index (χ3n) is 0.888. The van der Waals surface area contributed by atoms with Crippen LogP contribution in [0.25, 0.3) is 0 Å². The Kier molecular flexibility index (Phi) is 4.49. The normalized spacial score (nSPS) is 12.5. The summed E-state index contributed by atoms with van der Waals surface area (Å²) in [5.41, 5.74) is 0. The van der Waals surface area contributed by atoms with Gasteiger partial charge < -0.3 is 14.6 Å². The van der Waals surface area contributed by atoms with E-state index in [1.54, 1.807) is 6.92 Å². The second-order valence-corrected chi connectivity index (χ2v) is 1.86. The van der Waals surface area contributed by atoms with Crippen LogP contribution < -0.4 is 0 Å². The van der Waals surface area contributed by atoms with Gasteiger partial charge in [-0.25, -0.2) is 0 Å². The van der Waals surface area contributed by atoms with Crippen LogP contribution in [0, 0.1) is 0 Å².